The van der Waals surface area contributed by atoms with Crippen molar-refractivity contribution in [3.63, 3.8) is 0 Å². The van der Waals surface area contributed by atoms with Crippen molar-refractivity contribution in [2.24, 2.45) is 0 Å². The SMILES string of the molecule is Clc1ccc(COc2ccccc2CNCC2CCCO2)c(Cl)c1. The van der Waals surface area contributed by atoms with Gasteiger partial charge in [0.25, 0.3) is 0 Å². The number of nitrogens with one attached hydrogen (secondary N) is 1. The predicted octanol–water partition coefficient (Wildman–Crippen LogP) is 4.84. The Bertz CT molecular complexity index is 672. The molecule has 1 unspecified atom stereocenters. The molecule has 1 fully saturated rings. The maximum atomic E-state index is 6.20. The quantitative estimate of drug-likeness (QED) is 0.761. The number of hydrogen-bond acceptors (Lipinski definition) is 3. The molecule has 128 valence electrons. The number of rotatable bonds is 7. The fourth-order valence-corrected chi connectivity index (χ4v) is 3.22. The van der Waals surface area contributed by atoms with Crippen LogP contribution in [-0.4, -0.2) is 19.3 Å². The molecule has 0 aromatic heterocycles. The van der Waals surface area contributed by atoms with E-state index >= 15 is 0 Å². The molecule has 1 N–H and O–H groups in total. The van der Waals surface area contributed by atoms with Gasteiger partial charge >= 0.3 is 0 Å². The van der Waals surface area contributed by atoms with Gasteiger partial charge in [-0.1, -0.05) is 47.5 Å². The van der Waals surface area contributed by atoms with Crippen LogP contribution in [0.3, 0.4) is 0 Å². The Balaban J connectivity index is 1.56. The zero-order chi connectivity index (χ0) is 16.8. The first-order valence-electron chi connectivity index (χ1n) is 8.19. The maximum Gasteiger partial charge on any atom is 0.124 e. The van der Waals surface area contributed by atoms with Crippen LogP contribution < -0.4 is 10.1 Å². The van der Waals surface area contributed by atoms with Crippen LogP contribution in [0.5, 0.6) is 5.75 Å². The zero-order valence-corrected chi connectivity index (χ0v) is 14.9. The zero-order valence-electron chi connectivity index (χ0n) is 13.4. The number of hydrogen-bond donors (Lipinski definition) is 1. The molecule has 1 saturated heterocycles. The topological polar surface area (TPSA) is 30.5 Å². The van der Waals surface area contributed by atoms with Crippen LogP contribution in [0.2, 0.25) is 10.0 Å². The van der Waals surface area contributed by atoms with Gasteiger partial charge in [0.05, 0.1) is 6.10 Å². The van der Waals surface area contributed by atoms with Crippen LogP contribution in [-0.2, 0) is 17.9 Å². The van der Waals surface area contributed by atoms with E-state index in [2.05, 4.69) is 11.4 Å². The first-order chi connectivity index (χ1) is 11.7. The molecule has 1 aliphatic rings. The van der Waals surface area contributed by atoms with E-state index in [0.29, 0.717) is 22.8 Å². The number of benzene rings is 2. The molecule has 0 saturated carbocycles. The summed E-state index contributed by atoms with van der Waals surface area (Å²) in [6.45, 7) is 2.92. The molecule has 0 amide bonds. The normalized spacial score (nSPS) is 17.2. The van der Waals surface area contributed by atoms with Gasteiger partial charge in [-0.25, -0.2) is 0 Å². The van der Waals surface area contributed by atoms with Crippen LogP contribution in [0.15, 0.2) is 42.5 Å². The average Bonchev–Trinajstić information content (AvgIpc) is 3.08. The fraction of sp³-hybridized carbons (Fsp3) is 0.368. The van der Waals surface area contributed by atoms with Crippen molar-refractivity contribution in [1.82, 2.24) is 5.32 Å². The fourth-order valence-electron chi connectivity index (χ4n) is 2.76. The maximum absolute atomic E-state index is 6.20. The Morgan fingerprint density at radius 2 is 2.00 bits per heavy atom. The van der Waals surface area contributed by atoms with Crippen molar-refractivity contribution in [3.05, 3.63) is 63.6 Å². The monoisotopic (exact) mass is 365 g/mol. The summed E-state index contributed by atoms with van der Waals surface area (Å²) in [5.74, 6) is 0.864. The molecule has 1 atom stereocenters. The first-order valence-corrected chi connectivity index (χ1v) is 8.95. The van der Waals surface area contributed by atoms with E-state index in [4.69, 9.17) is 32.7 Å². The predicted molar refractivity (Wildman–Crippen MR) is 97.9 cm³/mol. The Kier molecular flexibility index (Phi) is 6.38. The van der Waals surface area contributed by atoms with Crippen molar-refractivity contribution >= 4 is 23.2 Å². The largest absolute Gasteiger partial charge is 0.489 e. The molecule has 24 heavy (non-hydrogen) atoms. The average molecular weight is 366 g/mol. The molecule has 1 heterocycles. The molecule has 1 aliphatic heterocycles. The van der Waals surface area contributed by atoms with Crippen molar-refractivity contribution in [3.8, 4) is 5.75 Å². The molecular formula is C19H21Cl2NO2. The van der Waals surface area contributed by atoms with Crippen molar-refractivity contribution < 1.29 is 9.47 Å². The van der Waals surface area contributed by atoms with Gasteiger partial charge in [0.15, 0.2) is 0 Å². The van der Waals surface area contributed by atoms with Gasteiger partial charge < -0.3 is 14.8 Å². The summed E-state index contributed by atoms with van der Waals surface area (Å²) in [5.41, 5.74) is 2.05. The smallest absolute Gasteiger partial charge is 0.124 e. The van der Waals surface area contributed by atoms with Crippen LogP contribution >= 0.6 is 23.2 Å². The van der Waals surface area contributed by atoms with E-state index in [1.165, 1.54) is 0 Å². The van der Waals surface area contributed by atoms with Crippen LogP contribution in [0.4, 0.5) is 0 Å². The highest BCUT2D eigenvalue weighted by Gasteiger charge is 2.15. The van der Waals surface area contributed by atoms with E-state index < -0.39 is 0 Å². The lowest BCUT2D eigenvalue weighted by Crippen LogP contribution is -2.25. The van der Waals surface area contributed by atoms with Crippen molar-refractivity contribution in [1.29, 1.82) is 0 Å². The molecule has 2 aromatic carbocycles. The van der Waals surface area contributed by atoms with Gasteiger partial charge in [-0.2, -0.15) is 0 Å². The third kappa shape index (κ3) is 4.87. The highest BCUT2D eigenvalue weighted by atomic mass is 35.5. The van der Waals surface area contributed by atoms with E-state index in [-0.39, 0.29) is 0 Å². The number of halogens is 2. The standard InChI is InChI=1S/C19H21Cl2NO2/c20-16-8-7-15(18(21)10-16)13-24-19-6-2-1-4-14(19)11-22-12-17-5-3-9-23-17/h1-2,4,6-8,10,17,22H,3,5,9,11-13H2. The second-order valence-electron chi connectivity index (χ2n) is 5.90. The molecule has 0 aliphatic carbocycles. The van der Waals surface area contributed by atoms with Crippen LogP contribution in [0, 0.1) is 0 Å². The minimum Gasteiger partial charge on any atom is -0.489 e. The third-order valence-corrected chi connectivity index (χ3v) is 4.67. The lowest BCUT2D eigenvalue weighted by Gasteiger charge is -2.14. The van der Waals surface area contributed by atoms with Gasteiger partial charge in [-0.15, -0.1) is 0 Å². The van der Waals surface area contributed by atoms with E-state index in [1.54, 1.807) is 6.07 Å². The Morgan fingerprint density at radius 3 is 2.79 bits per heavy atom. The van der Waals surface area contributed by atoms with E-state index in [0.717, 1.165) is 49.4 Å². The Morgan fingerprint density at radius 1 is 1.12 bits per heavy atom. The summed E-state index contributed by atoms with van der Waals surface area (Å²) >= 11 is 12.1. The molecule has 2 aromatic rings. The van der Waals surface area contributed by atoms with Crippen LogP contribution in [0.1, 0.15) is 24.0 Å². The third-order valence-electron chi connectivity index (χ3n) is 4.08. The molecule has 3 rings (SSSR count). The second kappa shape index (κ2) is 8.72. The summed E-state index contributed by atoms with van der Waals surface area (Å²) in [5, 5.41) is 4.70. The first kappa shape index (κ1) is 17.6. The Hall–Kier alpha value is -1.26. The summed E-state index contributed by atoms with van der Waals surface area (Å²) in [4.78, 5) is 0. The van der Waals surface area contributed by atoms with Gasteiger partial charge in [-0.3, -0.25) is 0 Å². The summed E-state index contributed by atoms with van der Waals surface area (Å²) < 4.78 is 11.6. The minimum atomic E-state index is 0.339. The number of para-hydroxylation sites is 1. The van der Waals surface area contributed by atoms with E-state index in [1.807, 2.05) is 30.3 Å². The highest BCUT2D eigenvalue weighted by molar-refractivity contribution is 6.35. The second-order valence-corrected chi connectivity index (χ2v) is 6.74. The van der Waals surface area contributed by atoms with Crippen molar-refractivity contribution in [2.75, 3.05) is 13.2 Å². The molecule has 0 radical (unpaired) electrons. The lowest BCUT2D eigenvalue weighted by atomic mass is 10.2. The minimum absolute atomic E-state index is 0.339. The Labute approximate surface area is 152 Å². The summed E-state index contributed by atoms with van der Waals surface area (Å²) in [7, 11) is 0. The lowest BCUT2D eigenvalue weighted by molar-refractivity contribution is 0.110. The highest BCUT2D eigenvalue weighted by Crippen LogP contribution is 2.24. The van der Waals surface area contributed by atoms with Gasteiger partial charge in [0.1, 0.15) is 12.4 Å². The van der Waals surface area contributed by atoms with E-state index in [9.17, 15) is 0 Å². The molecule has 3 nitrogen and oxygen atoms in total. The summed E-state index contributed by atoms with van der Waals surface area (Å²) in [6, 6.07) is 13.5. The summed E-state index contributed by atoms with van der Waals surface area (Å²) in [6.07, 6.45) is 2.64. The van der Waals surface area contributed by atoms with Gasteiger partial charge in [-0.05, 0) is 31.0 Å². The number of ether oxygens (including phenoxy) is 2. The molecular weight excluding hydrogens is 345 g/mol. The van der Waals surface area contributed by atoms with Gasteiger partial charge in [0.2, 0.25) is 0 Å². The van der Waals surface area contributed by atoms with Gasteiger partial charge in [0, 0.05) is 40.9 Å². The van der Waals surface area contributed by atoms with Crippen molar-refractivity contribution in [2.45, 2.75) is 32.1 Å². The molecule has 0 spiro atoms. The molecule has 0 bridgehead atoms. The van der Waals surface area contributed by atoms with Crippen LogP contribution in [0.25, 0.3) is 0 Å². The molecule has 5 heteroatoms.